The van der Waals surface area contributed by atoms with Gasteiger partial charge in [-0.2, -0.15) is 0 Å². The van der Waals surface area contributed by atoms with Gasteiger partial charge in [0.15, 0.2) is 0 Å². The van der Waals surface area contributed by atoms with Crippen LogP contribution >= 0.6 is 11.3 Å². The Morgan fingerprint density at radius 1 is 1.39 bits per heavy atom. The van der Waals surface area contributed by atoms with Crippen LogP contribution in [0.15, 0.2) is 0 Å². The van der Waals surface area contributed by atoms with Crippen molar-refractivity contribution in [1.29, 1.82) is 0 Å². The maximum Gasteiger partial charge on any atom is 0.122 e. The molecule has 1 unspecified atom stereocenters. The molecule has 1 N–H and O–H groups in total. The fourth-order valence-corrected chi connectivity index (χ4v) is 3.41. The highest BCUT2D eigenvalue weighted by Crippen LogP contribution is 2.44. The summed E-state index contributed by atoms with van der Waals surface area (Å²) in [5.74, 6) is 0.722. The number of ether oxygens (including phenoxy) is 1. The molecule has 0 aliphatic heterocycles. The number of nitrogens with zero attached hydrogens (tertiary/aromatic N) is 1. The van der Waals surface area contributed by atoms with Gasteiger partial charge in [0.1, 0.15) is 11.1 Å². The Hall–Kier alpha value is -0.450. The highest BCUT2D eigenvalue weighted by atomic mass is 32.1. The van der Waals surface area contributed by atoms with Gasteiger partial charge in [-0.25, -0.2) is 4.98 Å². The van der Waals surface area contributed by atoms with Gasteiger partial charge < -0.3 is 10.1 Å². The number of hydrogen-bond acceptors (Lipinski definition) is 4. The third kappa shape index (κ3) is 2.92. The Balaban J connectivity index is 1.68. The average Bonchev–Trinajstić information content (AvgIpc) is 3.23. The van der Waals surface area contributed by atoms with Crippen LogP contribution in [0.1, 0.15) is 54.3 Å². The van der Waals surface area contributed by atoms with E-state index in [0.29, 0.717) is 0 Å². The van der Waals surface area contributed by atoms with Crippen LogP contribution in [0.5, 0.6) is 0 Å². The van der Waals surface area contributed by atoms with Gasteiger partial charge in [-0.1, -0.05) is 0 Å². The van der Waals surface area contributed by atoms with Crippen molar-refractivity contribution in [3.8, 4) is 0 Å². The Kier molecular flexibility index (Phi) is 3.68. The molecule has 0 aromatic carbocycles. The molecule has 100 valence electrons. The molecular weight excluding hydrogens is 244 g/mol. The lowest BCUT2D eigenvalue weighted by molar-refractivity contribution is 0.0461. The van der Waals surface area contributed by atoms with Crippen molar-refractivity contribution < 1.29 is 4.74 Å². The number of nitrogens with one attached hydrogen (secondary N) is 1. The van der Waals surface area contributed by atoms with E-state index in [1.54, 1.807) is 0 Å². The van der Waals surface area contributed by atoms with Crippen LogP contribution in [0.25, 0.3) is 0 Å². The number of aryl methyl sites for hydroxylation is 1. The van der Waals surface area contributed by atoms with E-state index >= 15 is 0 Å². The summed E-state index contributed by atoms with van der Waals surface area (Å²) in [6.07, 6.45) is 5.55. The van der Waals surface area contributed by atoms with Gasteiger partial charge in [0, 0.05) is 24.1 Å². The molecule has 3 rings (SSSR count). The van der Waals surface area contributed by atoms with Crippen molar-refractivity contribution in [3.63, 3.8) is 0 Å². The van der Waals surface area contributed by atoms with Crippen LogP contribution in [0.3, 0.4) is 0 Å². The van der Waals surface area contributed by atoms with Crippen LogP contribution in [-0.4, -0.2) is 17.6 Å². The molecule has 1 aromatic rings. The maximum atomic E-state index is 5.89. The summed E-state index contributed by atoms with van der Waals surface area (Å²) in [7, 11) is 0. The van der Waals surface area contributed by atoms with E-state index in [2.05, 4.69) is 19.2 Å². The van der Waals surface area contributed by atoms with Gasteiger partial charge in [0.25, 0.3) is 0 Å². The fraction of sp³-hybridized carbons (Fsp3) is 0.786. The molecule has 3 nitrogen and oxygen atoms in total. The summed E-state index contributed by atoms with van der Waals surface area (Å²) in [4.78, 5) is 6.13. The van der Waals surface area contributed by atoms with Crippen molar-refractivity contribution in [2.24, 2.45) is 5.92 Å². The van der Waals surface area contributed by atoms with E-state index < -0.39 is 0 Å². The first kappa shape index (κ1) is 12.6. The van der Waals surface area contributed by atoms with Crippen molar-refractivity contribution in [2.75, 3.05) is 6.61 Å². The SMILES string of the molecule is CCOC(c1nc(C)c(CNC2CC2)s1)C1CC1. The van der Waals surface area contributed by atoms with E-state index in [9.17, 15) is 0 Å². The summed E-state index contributed by atoms with van der Waals surface area (Å²) in [6.45, 7) is 5.97. The first-order valence-corrected chi connectivity index (χ1v) is 7.90. The second kappa shape index (κ2) is 5.27. The lowest BCUT2D eigenvalue weighted by Gasteiger charge is -2.12. The van der Waals surface area contributed by atoms with Gasteiger partial charge in [-0.3, -0.25) is 0 Å². The quantitative estimate of drug-likeness (QED) is 0.823. The Labute approximate surface area is 113 Å². The molecule has 0 saturated heterocycles. The average molecular weight is 266 g/mol. The first-order valence-electron chi connectivity index (χ1n) is 7.09. The van der Waals surface area contributed by atoms with Crippen LogP contribution in [0.4, 0.5) is 0 Å². The molecule has 0 amide bonds. The normalized spacial score (nSPS) is 21.2. The third-order valence-corrected chi connectivity index (χ3v) is 4.90. The minimum absolute atomic E-state index is 0.258. The maximum absolute atomic E-state index is 5.89. The van der Waals surface area contributed by atoms with E-state index in [-0.39, 0.29) is 6.10 Å². The van der Waals surface area contributed by atoms with Gasteiger partial charge in [0.05, 0.1) is 5.69 Å². The topological polar surface area (TPSA) is 34.1 Å². The predicted molar refractivity (Wildman–Crippen MR) is 73.8 cm³/mol. The van der Waals surface area contributed by atoms with Crippen LogP contribution in [0.2, 0.25) is 0 Å². The number of thiazole rings is 1. The third-order valence-electron chi connectivity index (χ3n) is 3.68. The highest BCUT2D eigenvalue weighted by molar-refractivity contribution is 7.11. The molecule has 2 fully saturated rings. The summed E-state index contributed by atoms with van der Waals surface area (Å²) in [6, 6.07) is 0.765. The second-order valence-corrected chi connectivity index (χ2v) is 6.54. The molecular formula is C14H22N2OS. The minimum atomic E-state index is 0.258. The predicted octanol–water partition coefficient (Wildman–Crippen LogP) is 3.19. The van der Waals surface area contributed by atoms with Gasteiger partial charge >= 0.3 is 0 Å². The van der Waals surface area contributed by atoms with Crippen LogP contribution in [0, 0.1) is 12.8 Å². The standard InChI is InChI=1S/C14H22N2OS/c1-3-17-13(10-4-5-10)14-16-9(2)12(18-14)8-15-11-6-7-11/h10-11,13,15H,3-8H2,1-2H3. The zero-order valence-corrected chi connectivity index (χ0v) is 12.1. The van der Waals surface area contributed by atoms with E-state index in [4.69, 9.17) is 9.72 Å². The summed E-state index contributed by atoms with van der Waals surface area (Å²) in [5.41, 5.74) is 1.19. The molecule has 18 heavy (non-hydrogen) atoms. The number of rotatable bonds is 7. The Morgan fingerprint density at radius 2 is 2.17 bits per heavy atom. The van der Waals surface area contributed by atoms with Crippen LogP contribution in [-0.2, 0) is 11.3 Å². The van der Waals surface area contributed by atoms with E-state index in [1.165, 1.54) is 41.3 Å². The van der Waals surface area contributed by atoms with Crippen molar-refractivity contribution >= 4 is 11.3 Å². The van der Waals surface area contributed by atoms with Gasteiger partial charge in [-0.05, 0) is 45.4 Å². The second-order valence-electron chi connectivity index (χ2n) is 5.43. The molecule has 1 atom stereocenters. The van der Waals surface area contributed by atoms with Crippen molar-refractivity contribution in [3.05, 3.63) is 15.6 Å². The summed E-state index contributed by atoms with van der Waals surface area (Å²) >= 11 is 1.85. The molecule has 2 aliphatic rings. The molecule has 0 bridgehead atoms. The molecule has 4 heteroatoms. The Bertz CT molecular complexity index is 410. The number of aromatic nitrogens is 1. The molecule has 2 aliphatic carbocycles. The number of hydrogen-bond donors (Lipinski definition) is 1. The Morgan fingerprint density at radius 3 is 2.78 bits per heavy atom. The molecule has 0 radical (unpaired) electrons. The fourth-order valence-electron chi connectivity index (χ4n) is 2.25. The molecule has 1 aromatic heterocycles. The lowest BCUT2D eigenvalue weighted by Crippen LogP contribution is -2.14. The van der Waals surface area contributed by atoms with E-state index in [0.717, 1.165) is 25.1 Å². The van der Waals surface area contributed by atoms with Crippen molar-refractivity contribution in [1.82, 2.24) is 10.3 Å². The van der Waals surface area contributed by atoms with Crippen LogP contribution < -0.4 is 5.32 Å². The molecule has 1 heterocycles. The summed E-state index contributed by atoms with van der Waals surface area (Å²) in [5, 5.41) is 4.77. The minimum Gasteiger partial charge on any atom is -0.371 e. The molecule has 2 saturated carbocycles. The molecule has 0 spiro atoms. The summed E-state index contributed by atoms with van der Waals surface area (Å²) < 4.78 is 5.89. The van der Waals surface area contributed by atoms with Gasteiger partial charge in [0.2, 0.25) is 0 Å². The van der Waals surface area contributed by atoms with Crippen molar-refractivity contribution in [2.45, 2.75) is 58.2 Å². The smallest absolute Gasteiger partial charge is 0.122 e. The largest absolute Gasteiger partial charge is 0.371 e. The zero-order chi connectivity index (χ0) is 12.5. The zero-order valence-electron chi connectivity index (χ0n) is 11.2. The lowest BCUT2D eigenvalue weighted by atomic mass is 10.2. The van der Waals surface area contributed by atoms with Gasteiger partial charge in [-0.15, -0.1) is 11.3 Å². The monoisotopic (exact) mass is 266 g/mol. The first-order chi connectivity index (χ1) is 8.78. The highest BCUT2D eigenvalue weighted by Gasteiger charge is 2.35. The van der Waals surface area contributed by atoms with E-state index in [1.807, 2.05) is 11.3 Å².